The SMILES string of the molecule is O=C(O)CCCCCC(=O)c1cccc(C(F)(F)F)c1. The molecule has 0 saturated heterocycles. The molecule has 110 valence electrons. The van der Waals surface area contributed by atoms with E-state index in [1.165, 1.54) is 12.1 Å². The van der Waals surface area contributed by atoms with Crippen molar-refractivity contribution in [3.8, 4) is 0 Å². The molecule has 20 heavy (non-hydrogen) atoms. The Bertz CT molecular complexity index is 481. The van der Waals surface area contributed by atoms with Gasteiger partial charge in [-0.05, 0) is 25.0 Å². The Kier molecular flexibility index (Phi) is 5.73. The van der Waals surface area contributed by atoms with Crippen LogP contribution < -0.4 is 0 Å². The second-order valence-corrected chi connectivity index (χ2v) is 4.46. The van der Waals surface area contributed by atoms with Crippen LogP contribution in [0, 0.1) is 0 Å². The first-order valence-corrected chi connectivity index (χ1v) is 6.23. The molecule has 0 fully saturated rings. The summed E-state index contributed by atoms with van der Waals surface area (Å²) in [6.07, 6.45) is -2.79. The summed E-state index contributed by atoms with van der Waals surface area (Å²) in [7, 11) is 0. The summed E-state index contributed by atoms with van der Waals surface area (Å²) in [6, 6.07) is 4.33. The third-order valence-corrected chi connectivity index (χ3v) is 2.81. The Balaban J connectivity index is 2.50. The van der Waals surface area contributed by atoms with Gasteiger partial charge in [-0.1, -0.05) is 18.6 Å². The molecule has 0 bridgehead atoms. The number of Topliss-reactive ketones (excluding diaryl/α,β-unsaturated/α-hetero) is 1. The molecule has 1 rings (SSSR count). The average molecular weight is 288 g/mol. The first-order valence-electron chi connectivity index (χ1n) is 6.23. The minimum atomic E-state index is -4.46. The number of ketones is 1. The summed E-state index contributed by atoms with van der Waals surface area (Å²) in [5.74, 6) is -1.25. The highest BCUT2D eigenvalue weighted by molar-refractivity contribution is 5.96. The molecule has 0 saturated carbocycles. The van der Waals surface area contributed by atoms with E-state index in [0.29, 0.717) is 19.3 Å². The minimum absolute atomic E-state index is 0.0394. The number of carbonyl (C=O) groups excluding carboxylic acids is 1. The van der Waals surface area contributed by atoms with Gasteiger partial charge in [-0.3, -0.25) is 9.59 Å². The van der Waals surface area contributed by atoms with Crippen LogP contribution in [0.1, 0.15) is 48.0 Å². The van der Waals surface area contributed by atoms with Gasteiger partial charge in [-0.15, -0.1) is 0 Å². The van der Waals surface area contributed by atoms with Gasteiger partial charge in [0.2, 0.25) is 0 Å². The van der Waals surface area contributed by atoms with Crippen LogP contribution in [0.3, 0.4) is 0 Å². The second kappa shape index (κ2) is 7.07. The fourth-order valence-corrected chi connectivity index (χ4v) is 1.75. The van der Waals surface area contributed by atoms with E-state index in [1.54, 1.807) is 0 Å². The van der Waals surface area contributed by atoms with E-state index in [4.69, 9.17) is 5.11 Å². The van der Waals surface area contributed by atoms with Crippen molar-refractivity contribution in [2.75, 3.05) is 0 Å². The lowest BCUT2D eigenvalue weighted by Crippen LogP contribution is -2.07. The normalized spacial score (nSPS) is 11.3. The maximum absolute atomic E-state index is 12.5. The summed E-state index contributed by atoms with van der Waals surface area (Å²) in [4.78, 5) is 22.0. The molecule has 0 aliphatic heterocycles. The number of carboxylic acid groups (broad SMARTS) is 1. The maximum atomic E-state index is 12.5. The quantitative estimate of drug-likeness (QED) is 0.611. The lowest BCUT2D eigenvalue weighted by molar-refractivity contribution is -0.138. The monoisotopic (exact) mass is 288 g/mol. The Morgan fingerprint density at radius 3 is 2.30 bits per heavy atom. The zero-order valence-corrected chi connectivity index (χ0v) is 10.7. The van der Waals surface area contributed by atoms with Crippen LogP contribution in [-0.4, -0.2) is 16.9 Å². The van der Waals surface area contributed by atoms with Crippen molar-refractivity contribution in [1.29, 1.82) is 0 Å². The van der Waals surface area contributed by atoms with Crippen LogP contribution in [0.2, 0.25) is 0 Å². The highest BCUT2D eigenvalue weighted by Gasteiger charge is 2.30. The molecule has 1 aromatic rings. The van der Waals surface area contributed by atoms with E-state index < -0.39 is 17.7 Å². The van der Waals surface area contributed by atoms with E-state index in [9.17, 15) is 22.8 Å². The zero-order valence-electron chi connectivity index (χ0n) is 10.7. The van der Waals surface area contributed by atoms with Crippen molar-refractivity contribution in [3.05, 3.63) is 35.4 Å². The van der Waals surface area contributed by atoms with Crippen LogP contribution >= 0.6 is 0 Å². The maximum Gasteiger partial charge on any atom is 0.416 e. The van der Waals surface area contributed by atoms with E-state index in [-0.39, 0.29) is 24.2 Å². The molecule has 0 aromatic heterocycles. The number of benzene rings is 1. The van der Waals surface area contributed by atoms with Gasteiger partial charge in [-0.25, -0.2) is 0 Å². The van der Waals surface area contributed by atoms with E-state index in [1.807, 2.05) is 0 Å². The van der Waals surface area contributed by atoms with Crippen molar-refractivity contribution in [1.82, 2.24) is 0 Å². The number of carbonyl (C=O) groups is 2. The summed E-state index contributed by atoms with van der Waals surface area (Å²) < 4.78 is 37.5. The molecular weight excluding hydrogens is 273 g/mol. The van der Waals surface area contributed by atoms with Crippen LogP contribution in [0.5, 0.6) is 0 Å². The lowest BCUT2D eigenvalue weighted by Gasteiger charge is -2.08. The van der Waals surface area contributed by atoms with Gasteiger partial charge in [0, 0.05) is 18.4 Å². The second-order valence-electron chi connectivity index (χ2n) is 4.46. The van der Waals surface area contributed by atoms with Crippen LogP contribution in [0.4, 0.5) is 13.2 Å². The molecule has 3 nitrogen and oxygen atoms in total. The number of hydrogen-bond donors (Lipinski definition) is 1. The Hall–Kier alpha value is -1.85. The molecule has 0 amide bonds. The molecule has 1 aromatic carbocycles. The molecule has 0 aliphatic rings. The van der Waals surface area contributed by atoms with Gasteiger partial charge in [0.05, 0.1) is 5.56 Å². The van der Waals surface area contributed by atoms with Crippen LogP contribution in [-0.2, 0) is 11.0 Å². The summed E-state index contributed by atoms with van der Waals surface area (Å²) in [6.45, 7) is 0. The van der Waals surface area contributed by atoms with Crippen molar-refractivity contribution >= 4 is 11.8 Å². The molecule has 6 heteroatoms. The molecule has 0 unspecified atom stereocenters. The van der Waals surface area contributed by atoms with Crippen molar-refractivity contribution in [3.63, 3.8) is 0 Å². The summed E-state index contributed by atoms with van der Waals surface area (Å²) in [5, 5.41) is 8.43. The number of alkyl halides is 3. The highest BCUT2D eigenvalue weighted by atomic mass is 19.4. The number of unbranched alkanes of at least 4 members (excludes halogenated alkanes) is 2. The first kappa shape index (κ1) is 16.2. The third kappa shape index (κ3) is 5.42. The summed E-state index contributed by atoms with van der Waals surface area (Å²) in [5.41, 5.74) is -0.799. The smallest absolute Gasteiger partial charge is 0.416 e. The van der Waals surface area contributed by atoms with Crippen molar-refractivity contribution < 1.29 is 27.9 Å². The Labute approximate surface area is 114 Å². The molecule has 0 radical (unpaired) electrons. The molecule has 0 heterocycles. The predicted molar refractivity (Wildman–Crippen MR) is 66.5 cm³/mol. The predicted octanol–water partition coefficient (Wildman–Crippen LogP) is 3.92. The average Bonchev–Trinajstić information content (AvgIpc) is 2.37. The van der Waals surface area contributed by atoms with Crippen LogP contribution in [0.15, 0.2) is 24.3 Å². The molecule has 0 spiro atoms. The minimum Gasteiger partial charge on any atom is -0.481 e. The van der Waals surface area contributed by atoms with Crippen LogP contribution in [0.25, 0.3) is 0 Å². The number of hydrogen-bond acceptors (Lipinski definition) is 2. The number of aliphatic carboxylic acids is 1. The van der Waals surface area contributed by atoms with Crippen molar-refractivity contribution in [2.45, 2.75) is 38.3 Å². The van der Waals surface area contributed by atoms with E-state index in [0.717, 1.165) is 12.1 Å². The first-order chi connectivity index (χ1) is 9.30. The fourth-order valence-electron chi connectivity index (χ4n) is 1.75. The van der Waals surface area contributed by atoms with Gasteiger partial charge in [0.25, 0.3) is 0 Å². The molecule has 0 atom stereocenters. The summed E-state index contributed by atoms with van der Waals surface area (Å²) >= 11 is 0. The van der Waals surface area contributed by atoms with E-state index in [2.05, 4.69) is 0 Å². The third-order valence-electron chi connectivity index (χ3n) is 2.81. The topological polar surface area (TPSA) is 54.4 Å². The van der Waals surface area contributed by atoms with E-state index >= 15 is 0 Å². The lowest BCUT2D eigenvalue weighted by atomic mass is 10.0. The largest absolute Gasteiger partial charge is 0.481 e. The standard InChI is InChI=1S/C14H15F3O3/c15-14(16,17)11-6-4-5-10(9-11)12(18)7-2-1-3-8-13(19)20/h4-6,9H,1-3,7-8H2,(H,19,20). The van der Waals surface area contributed by atoms with Gasteiger partial charge in [-0.2, -0.15) is 13.2 Å². The number of halogens is 3. The number of carboxylic acids is 1. The van der Waals surface area contributed by atoms with Gasteiger partial charge in [0.1, 0.15) is 0 Å². The highest BCUT2D eigenvalue weighted by Crippen LogP contribution is 2.29. The zero-order chi connectivity index (χ0) is 15.2. The van der Waals surface area contributed by atoms with Gasteiger partial charge >= 0.3 is 12.1 Å². The van der Waals surface area contributed by atoms with Crippen molar-refractivity contribution in [2.24, 2.45) is 0 Å². The van der Waals surface area contributed by atoms with Gasteiger partial charge < -0.3 is 5.11 Å². The van der Waals surface area contributed by atoms with Gasteiger partial charge in [0.15, 0.2) is 5.78 Å². The molecule has 1 N–H and O–H groups in total. The number of rotatable bonds is 7. The Morgan fingerprint density at radius 1 is 1.05 bits per heavy atom. The fraction of sp³-hybridized carbons (Fsp3) is 0.429. The molecule has 0 aliphatic carbocycles. The Morgan fingerprint density at radius 2 is 1.70 bits per heavy atom. The molecular formula is C14H15F3O3.